The number of nitrogen functional groups attached to an aromatic ring is 1. The van der Waals surface area contributed by atoms with Gasteiger partial charge in [0.2, 0.25) is 0 Å². The summed E-state index contributed by atoms with van der Waals surface area (Å²) in [4.78, 5) is 11.9. The highest BCUT2D eigenvalue weighted by Crippen LogP contribution is 2.29. The summed E-state index contributed by atoms with van der Waals surface area (Å²) in [5.41, 5.74) is 5.48. The molecule has 0 aliphatic heterocycles. The van der Waals surface area contributed by atoms with Gasteiger partial charge in [-0.15, -0.1) is 0 Å². The van der Waals surface area contributed by atoms with Crippen molar-refractivity contribution in [3.05, 3.63) is 11.8 Å². The lowest BCUT2D eigenvalue weighted by molar-refractivity contribution is 0.0824. The van der Waals surface area contributed by atoms with E-state index in [0.29, 0.717) is 11.5 Å². The molecule has 0 bridgehead atoms. The zero-order valence-corrected chi connectivity index (χ0v) is 10.5. The van der Waals surface area contributed by atoms with Gasteiger partial charge in [0.25, 0.3) is 5.91 Å². The van der Waals surface area contributed by atoms with Crippen LogP contribution in [0.15, 0.2) is 6.07 Å². The molecule has 1 amide bonds. The topological polar surface area (TPSA) is 83.8 Å². The summed E-state index contributed by atoms with van der Waals surface area (Å²) in [5.74, 6) is 0.128. The lowest BCUT2D eigenvalue weighted by Gasteiger charge is -2.39. The Kier molecular flexibility index (Phi) is 2.99. The molecule has 5 nitrogen and oxygen atoms in total. The first-order chi connectivity index (χ1) is 7.13. The molecule has 1 aromatic heterocycles. The van der Waals surface area contributed by atoms with E-state index in [2.05, 4.69) is 36.3 Å². The van der Waals surface area contributed by atoms with Gasteiger partial charge in [-0.3, -0.25) is 9.89 Å². The molecule has 0 unspecified atom stereocenters. The number of rotatable bonds is 2. The van der Waals surface area contributed by atoms with Gasteiger partial charge < -0.3 is 11.1 Å². The third-order valence-electron chi connectivity index (χ3n) is 3.14. The van der Waals surface area contributed by atoms with E-state index in [-0.39, 0.29) is 16.9 Å². The van der Waals surface area contributed by atoms with Crippen LogP contribution in [-0.4, -0.2) is 21.6 Å². The molecule has 0 atom stereocenters. The Balaban J connectivity index is 2.79. The number of nitrogens with zero attached hydrogens (tertiary/aromatic N) is 1. The molecule has 0 spiro atoms. The molecule has 16 heavy (non-hydrogen) atoms. The van der Waals surface area contributed by atoms with Crippen molar-refractivity contribution in [1.29, 1.82) is 0 Å². The van der Waals surface area contributed by atoms with Gasteiger partial charge in [-0.1, -0.05) is 20.8 Å². The summed E-state index contributed by atoms with van der Waals surface area (Å²) in [5, 5.41) is 9.27. The molecule has 90 valence electrons. The van der Waals surface area contributed by atoms with E-state index in [1.807, 2.05) is 13.8 Å². The third kappa shape index (κ3) is 2.53. The van der Waals surface area contributed by atoms with Crippen LogP contribution in [0.5, 0.6) is 0 Å². The van der Waals surface area contributed by atoms with Crippen LogP contribution in [0.4, 0.5) is 5.82 Å². The lowest BCUT2D eigenvalue weighted by atomic mass is 9.76. The minimum atomic E-state index is -0.316. The number of carbonyl (C=O) groups is 1. The lowest BCUT2D eigenvalue weighted by Crippen LogP contribution is -2.52. The van der Waals surface area contributed by atoms with Crippen molar-refractivity contribution in [2.24, 2.45) is 5.41 Å². The normalized spacial score (nSPS) is 12.6. The second-order valence-corrected chi connectivity index (χ2v) is 5.54. The fourth-order valence-electron chi connectivity index (χ4n) is 0.992. The van der Waals surface area contributed by atoms with Crippen molar-refractivity contribution >= 4 is 11.7 Å². The minimum Gasteiger partial charge on any atom is -0.382 e. The molecule has 0 aliphatic rings. The average Bonchev–Trinajstić information content (AvgIpc) is 2.48. The van der Waals surface area contributed by atoms with Crippen LogP contribution in [0.3, 0.4) is 0 Å². The van der Waals surface area contributed by atoms with Gasteiger partial charge in [0.1, 0.15) is 11.5 Å². The molecule has 0 saturated carbocycles. The number of nitrogens with two attached hydrogens (primary N) is 1. The Labute approximate surface area is 95.8 Å². The van der Waals surface area contributed by atoms with E-state index >= 15 is 0 Å². The number of aromatic nitrogens is 2. The molecule has 4 N–H and O–H groups in total. The van der Waals surface area contributed by atoms with Crippen LogP contribution in [-0.2, 0) is 0 Å². The molecule has 0 saturated heterocycles. The third-order valence-corrected chi connectivity index (χ3v) is 3.14. The Morgan fingerprint density at radius 2 is 1.94 bits per heavy atom. The van der Waals surface area contributed by atoms with Gasteiger partial charge in [-0.05, 0) is 19.3 Å². The van der Waals surface area contributed by atoms with Crippen LogP contribution >= 0.6 is 0 Å². The number of carbonyl (C=O) groups excluding carboxylic acids is 1. The monoisotopic (exact) mass is 224 g/mol. The molecule has 1 rings (SSSR count). The van der Waals surface area contributed by atoms with Crippen LogP contribution in [0.25, 0.3) is 0 Å². The van der Waals surface area contributed by atoms with E-state index in [4.69, 9.17) is 5.73 Å². The SMILES string of the molecule is CC(C)(C)C(C)(C)NC(=O)c1cc(N)n[nH]1. The Hall–Kier alpha value is -1.52. The van der Waals surface area contributed by atoms with E-state index in [0.717, 1.165) is 0 Å². The standard InChI is InChI=1S/C11H20N4O/c1-10(2,3)11(4,5)13-9(16)7-6-8(12)15-14-7/h6H,1-5H3,(H,13,16)(H3,12,14,15). The van der Waals surface area contributed by atoms with Gasteiger partial charge in [-0.2, -0.15) is 5.10 Å². The Morgan fingerprint density at radius 3 is 2.31 bits per heavy atom. The van der Waals surface area contributed by atoms with E-state index in [1.54, 1.807) is 0 Å². The predicted octanol–water partition coefficient (Wildman–Crippen LogP) is 1.55. The Morgan fingerprint density at radius 1 is 1.38 bits per heavy atom. The highest BCUT2D eigenvalue weighted by atomic mass is 16.2. The van der Waals surface area contributed by atoms with Crippen molar-refractivity contribution in [2.45, 2.75) is 40.2 Å². The van der Waals surface area contributed by atoms with E-state index in [9.17, 15) is 4.79 Å². The first-order valence-electron chi connectivity index (χ1n) is 5.27. The average molecular weight is 224 g/mol. The van der Waals surface area contributed by atoms with Crippen LogP contribution in [0.2, 0.25) is 0 Å². The molecular weight excluding hydrogens is 204 g/mol. The maximum Gasteiger partial charge on any atom is 0.269 e. The molecule has 5 heteroatoms. The predicted molar refractivity (Wildman–Crippen MR) is 64.0 cm³/mol. The zero-order chi connectivity index (χ0) is 12.6. The van der Waals surface area contributed by atoms with Crippen LogP contribution < -0.4 is 11.1 Å². The Bertz CT molecular complexity index is 387. The van der Waals surface area contributed by atoms with Crippen molar-refractivity contribution in [1.82, 2.24) is 15.5 Å². The quantitative estimate of drug-likeness (QED) is 0.712. The van der Waals surface area contributed by atoms with Gasteiger partial charge in [0, 0.05) is 11.6 Å². The maximum atomic E-state index is 11.9. The summed E-state index contributed by atoms with van der Waals surface area (Å²) < 4.78 is 0. The van der Waals surface area contributed by atoms with Gasteiger partial charge >= 0.3 is 0 Å². The number of hydrogen-bond acceptors (Lipinski definition) is 3. The number of amides is 1. The summed E-state index contributed by atoms with van der Waals surface area (Å²) in [6.45, 7) is 10.2. The smallest absolute Gasteiger partial charge is 0.269 e. The molecule has 0 aromatic carbocycles. The van der Waals surface area contributed by atoms with Crippen molar-refractivity contribution in [3.8, 4) is 0 Å². The van der Waals surface area contributed by atoms with Crippen molar-refractivity contribution < 1.29 is 4.79 Å². The molecule has 0 radical (unpaired) electrons. The van der Waals surface area contributed by atoms with Gasteiger partial charge in [-0.25, -0.2) is 0 Å². The largest absolute Gasteiger partial charge is 0.382 e. The van der Waals surface area contributed by atoms with E-state index < -0.39 is 0 Å². The summed E-state index contributed by atoms with van der Waals surface area (Å²) in [6.07, 6.45) is 0. The summed E-state index contributed by atoms with van der Waals surface area (Å²) >= 11 is 0. The first-order valence-corrected chi connectivity index (χ1v) is 5.27. The van der Waals surface area contributed by atoms with Crippen molar-refractivity contribution in [2.75, 3.05) is 5.73 Å². The highest BCUT2D eigenvalue weighted by Gasteiger charge is 2.34. The summed E-state index contributed by atoms with van der Waals surface area (Å²) in [7, 11) is 0. The minimum absolute atomic E-state index is 0.0335. The molecule has 1 heterocycles. The number of aromatic amines is 1. The highest BCUT2D eigenvalue weighted by molar-refractivity contribution is 5.93. The van der Waals surface area contributed by atoms with Crippen LogP contribution in [0, 0.1) is 5.41 Å². The van der Waals surface area contributed by atoms with Crippen LogP contribution in [0.1, 0.15) is 45.1 Å². The molecular formula is C11H20N4O. The first kappa shape index (κ1) is 12.5. The van der Waals surface area contributed by atoms with E-state index in [1.165, 1.54) is 6.07 Å². The van der Waals surface area contributed by atoms with Gasteiger partial charge in [0.05, 0.1) is 0 Å². The second kappa shape index (κ2) is 3.81. The molecule has 0 aliphatic carbocycles. The molecule has 0 fully saturated rings. The summed E-state index contributed by atoms with van der Waals surface area (Å²) in [6, 6.07) is 1.52. The second-order valence-electron chi connectivity index (χ2n) is 5.54. The number of nitrogens with one attached hydrogen (secondary N) is 2. The number of anilines is 1. The zero-order valence-electron chi connectivity index (χ0n) is 10.5. The fourth-order valence-corrected chi connectivity index (χ4v) is 0.992. The van der Waals surface area contributed by atoms with Gasteiger partial charge in [0.15, 0.2) is 0 Å². The van der Waals surface area contributed by atoms with Crippen molar-refractivity contribution in [3.63, 3.8) is 0 Å². The number of hydrogen-bond donors (Lipinski definition) is 3. The fraction of sp³-hybridized carbons (Fsp3) is 0.636. The molecule has 1 aromatic rings. The number of H-pyrrole nitrogens is 1. The maximum absolute atomic E-state index is 11.9.